The van der Waals surface area contributed by atoms with Gasteiger partial charge < -0.3 is 14.8 Å². The quantitative estimate of drug-likeness (QED) is 0.297. The Morgan fingerprint density at radius 2 is 1.62 bits per heavy atom. The number of ether oxygens (including phenoxy) is 2. The lowest BCUT2D eigenvalue weighted by Gasteiger charge is -2.33. The van der Waals surface area contributed by atoms with E-state index in [1.54, 1.807) is 11.3 Å². The van der Waals surface area contributed by atoms with Crippen LogP contribution in [0.15, 0.2) is 42.5 Å². The molecule has 0 aliphatic heterocycles. The number of carbonyl (C=O) groups is 3. The van der Waals surface area contributed by atoms with Crippen LogP contribution in [0, 0.1) is 0 Å². The summed E-state index contributed by atoms with van der Waals surface area (Å²) in [6.45, 7) is 6.05. The number of unbranched alkanes of at least 4 members (excludes halogenated alkanes) is 2. The van der Waals surface area contributed by atoms with Crippen molar-refractivity contribution in [1.29, 1.82) is 0 Å². The number of nitrogens with one attached hydrogen (secondary N) is 1. The number of allylic oxidation sites excluding steroid dienone is 1. The summed E-state index contributed by atoms with van der Waals surface area (Å²) < 4.78 is 10.4. The molecule has 34 heavy (non-hydrogen) atoms. The molecule has 2 rings (SSSR count). The molecule has 0 radical (unpaired) electrons. The van der Waals surface area contributed by atoms with Gasteiger partial charge in [-0.2, -0.15) is 0 Å². The van der Waals surface area contributed by atoms with Crippen molar-refractivity contribution in [3.63, 3.8) is 0 Å². The van der Waals surface area contributed by atoms with Gasteiger partial charge in [-0.05, 0) is 48.6 Å². The highest BCUT2D eigenvalue weighted by atomic mass is 32.1. The van der Waals surface area contributed by atoms with E-state index in [1.807, 2.05) is 0 Å². The minimum atomic E-state index is -0.991. The van der Waals surface area contributed by atoms with Crippen LogP contribution in [0.2, 0.25) is 0 Å². The molecule has 184 valence electrons. The van der Waals surface area contributed by atoms with Crippen molar-refractivity contribution in [2.24, 2.45) is 0 Å². The third-order valence-electron chi connectivity index (χ3n) is 5.31. The van der Waals surface area contributed by atoms with Gasteiger partial charge in [-0.25, -0.2) is 0 Å². The molecule has 0 unspecified atom stereocenters. The number of carbonyl (C=O) groups excluding carboxylic acids is 3. The summed E-state index contributed by atoms with van der Waals surface area (Å²) in [5.74, 6) is -1.21. The first-order valence-corrected chi connectivity index (χ1v) is 12.5. The lowest BCUT2D eigenvalue weighted by molar-refractivity contribution is -0.150. The van der Waals surface area contributed by atoms with Crippen LogP contribution < -0.4 is 5.32 Å². The second-order valence-electron chi connectivity index (χ2n) is 8.47. The van der Waals surface area contributed by atoms with Gasteiger partial charge in [0.1, 0.15) is 18.8 Å². The van der Waals surface area contributed by atoms with Crippen molar-refractivity contribution in [2.45, 2.75) is 65.3 Å². The van der Waals surface area contributed by atoms with Crippen LogP contribution in [0.25, 0.3) is 16.5 Å². The maximum Gasteiger partial charge on any atom is 0.302 e. The van der Waals surface area contributed by atoms with E-state index in [0.717, 1.165) is 17.5 Å². The molecule has 0 atom stereocenters. The summed E-state index contributed by atoms with van der Waals surface area (Å²) in [6.07, 6.45) is 8.98. The van der Waals surface area contributed by atoms with E-state index in [2.05, 4.69) is 60.8 Å². The van der Waals surface area contributed by atoms with Crippen molar-refractivity contribution >= 4 is 35.3 Å². The first-order chi connectivity index (χ1) is 16.2. The summed E-state index contributed by atoms with van der Waals surface area (Å²) in [5.41, 5.74) is 1.23. The van der Waals surface area contributed by atoms with Crippen LogP contribution in [0.5, 0.6) is 0 Å². The molecule has 6 nitrogen and oxygen atoms in total. The monoisotopic (exact) mass is 485 g/mol. The molecule has 0 aliphatic rings. The van der Waals surface area contributed by atoms with Crippen molar-refractivity contribution in [3.05, 3.63) is 52.9 Å². The number of amides is 1. The Bertz CT molecular complexity index is 959. The Balaban J connectivity index is 2.09. The molecule has 1 heterocycles. The first-order valence-electron chi connectivity index (χ1n) is 11.6. The van der Waals surface area contributed by atoms with E-state index in [0.29, 0.717) is 12.8 Å². The highest BCUT2D eigenvalue weighted by Crippen LogP contribution is 2.29. The zero-order valence-electron chi connectivity index (χ0n) is 20.5. The molecular formula is C27H35NO5S. The van der Waals surface area contributed by atoms with E-state index in [9.17, 15) is 14.4 Å². The molecule has 7 heteroatoms. The van der Waals surface area contributed by atoms with Gasteiger partial charge in [0.05, 0.1) is 0 Å². The van der Waals surface area contributed by atoms with Gasteiger partial charge in [-0.3, -0.25) is 14.4 Å². The van der Waals surface area contributed by atoms with Crippen molar-refractivity contribution in [2.75, 3.05) is 13.2 Å². The largest absolute Gasteiger partial charge is 0.463 e. The molecule has 0 bridgehead atoms. The van der Waals surface area contributed by atoms with Crippen molar-refractivity contribution in [3.8, 4) is 10.4 Å². The van der Waals surface area contributed by atoms with Crippen molar-refractivity contribution in [1.82, 2.24) is 5.32 Å². The topological polar surface area (TPSA) is 81.7 Å². The SMILES string of the molecule is CCCC/C=C/c1ccc(-c2ccc(CCC(COC(C)=O)(COC(C)=O)NC(C)=O)cc2)s1. The normalized spacial score (nSPS) is 11.4. The number of esters is 2. The van der Waals surface area contributed by atoms with E-state index in [-0.39, 0.29) is 19.1 Å². The smallest absolute Gasteiger partial charge is 0.302 e. The van der Waals surface area contributed by atoms with Crippen LogP contribution in [0.1, 0.15) is 63.8 Å². The number of thiophene rings is 1. The van der Waals surface area contributed by atoms with E-state index in [1.165, 1.54) is 43.4 Å². The molecule has 0 fully saturated rings. The number of hydrogen-bond acceptors (Lipinski definition) is 6. The van der Waals surface area contributed by atoms with Gasteiger partial charge in [-0.15, -0.1) is 11.3 Å². The zero-order valence-corrected chi connectivity index (χ0v) is 21.3. The first kappa shape index (κ1) is 27.3. The highest BCUT2D eigenvalue weighted by Gasteiger charge is 2.34. The molecular weight excluding hydrogens is 450 g/mol. The fourth-order valence-corrected chi connectivity index (χ4v) is 4.46. The Morgan fingerprint density at radius 1 is 0.971 bits per heavy atom. The second kappa shape index (κ2) is 13.7. The molecule has 1 N–H and O–H groups in total. The summed E-state index contributed by atoms with van der Waals surface area (Å²) in [7, 11) is 0. The Labute approximate surface area is 206 Å². The van der Waals surface area contributed by atoms with Gasteiger partial charge >= 0.3 is 11.9 Å². The molecule has 0 saturated carbocycles. The van der Waals surface area contributed by atoms with Crippen LogP contribution in [0.3, 0.4) is 0 Å². The molecule has 1 aromatic heterocycles. The maximum atomic E-state index is 11.9. The lowest BCUT2D eigenvalue weighted by atomic mass is 9.92. The summed E-state index contributed by atoms with van der Waals surface area (Å²) in [6, 6.07) is 12.6. The molecule has 2 aromatic rings. The van der Waals surface area contributed by atoms with E-state index >= 15 is 0 Å². The highest BCUT2D eigenvalue weighted by molar-refractivity contribution is 7.16. The zero-order chi connectivity index (χ0) is 25.0. The van der Waals surface area contributed by atoms with Crippen LogP contribution >= 0.6 is 11.3 Å². The minimum Gasteiger partial charge on any atom is -0.463 e. The van der Waals surface area contributed by atoms with Crippen LogP contribution in [-0.4, -0.2) is 36.6 Å². The van der Waals surface area contributed by atoms with Gasteiger partial charge in [0.2, 0.25) is 5.91 Å². The minimum absolute atomic E-state index is 0.0724. The van der Waals surface area contributed by atoms with E-state index < -0.39 is 17.5 Å². The van der Waals surface area contributed by atoms with E-state index in [4.69, 9.17) is 9.47 Å². The third kappa shape index (κ3) is 9.51. The molecule has 0 aliphatic carbocycles. The summed E-state index contributed by atoms with van der Waals surface area (Å²) in [4.78, 5) is 37.1. The Kier molecular flexibility index (Phi) is 11.0. The average molecular weight is 486 g/mol. The third-order valence-corrected chi connectivity index (χ3v) is 6.41. The van der Waals surface area contributed by atoms with Gasteiger partial charge in [0.25, 0.3) is 0 Å². The van der Waals surface area contributed by atoms with Gasteiger partial charge in [-0.1, -0.05) is 50.1 Å². The van der Waals surface area contributed by atoms with Crippen molar-refractivity contribution < 1.29 is 23.9 Å². The van der Waals surface area contributed by atoms with Crippen LogP contribution in [0.4, 0.5) is 0 Å². The van der Waals surface area contributed by atoms with Gasteiger partial charge in [0, 0.05) is 30.5 Å². The molecule has 0 spiro atoms. The maximum absolute atomic E-state index is 11.9. The lowest BCUT2D eigenvalue weighted by Crippen LogP contribution is -2.55. The molecule has 1 amide bonds. The number of rotatable bonds is 13. The Morgan fingerprint density at radius 3 is 2.18 bits per heavy atom. The molecule has 1 aromatic carbocycles. The van der Waals surface area contributed by atoms with Gasteiger partial charge in [0.15, 0.2) is 0 Å². The number of hydrogen-bond donors (Lipinski definition) is 1. The fraction of sp³-hybridized carbons (Fsp3) is 0.444. The fourth-order valence-electron chi connectivity index (χ4n) is 3.51. The number of benzene rings is 1. The van der Waals surface area contributed by atoms with Crippen LogP contribution in [-0.2, 0) is 30.3 Å². The predicted molar refractivity (Wildman–Crippen MR) is 136 cm³/mol. The number of aryl methyl sites for hydroxylation is 1. The molecule has 0 saturated heterocycles. The Hall–Kier alpha value is -2.93. The second-order valence-corrected chi connectivity index (χ2v) is 9.58. The standard InChI is InChI=1S/C27H35NO5S/c1-5-6-7-8-9-25-14-15-26(34-25)24-12-10-23(11-13-24)16-17-27(28-20(2)29,18-32-21(3)30)19-33-22(4)31/h8-15H,5-7,16-19H2,1-4H3,(H,28,29)/b9-8+. The average Bonchev–Trinajstić information content (AvgIpc) is 3.26. The summed E-state index contributed by atoms with van der Waals surface area (Å²) in [5, 5.41) is 2.84. The summed E-state index contributed by atoms with van der Waals surface area (Å²) >= 11 is 1.76. The predicted octanol–water partition coefficient (Wildman–Crippen LogP) is 5.55.